The monoisotopic (exact) mass is 229 g/mol. The number of nitrogens with one attached hydrogen (secondary N) is 1. The van der Waals surface area contributed by atoms with Gasteiger partial charge in [-0.25, -0.2) is 0 Å². The molecule has 16 heavy (non-hydrogen) atoms. The number of esters is 1. The van der Waals surface area contributed by atoms with E-state index < -0.39 is 0 Å². The molecule has 0 radical (unpaired) electrons. The van der Waals surface area contributed by atoms with E-state index in [1.165, 1.54) is 0 Å². The van der Waals surface area contributed by atoms with Crippen LogP contribution in [0.3, 0.4) is 0 Å². The van der Waals surface area contributed by atoms with Crippen LogP contribution in [0, 0.1) is 5.92 Å². The second-order valence-electron chi connectivity index (χ2n) is 4.92. The van der Waals surface area contributed by atoms with E-state index in [0.29, 0.717) is 6.61 Å². The zero-order valence-electron chi connectivity index (χ0n) is 10.5. The molecule has 0 bridgehead atoms. The minimum atomic E-state index is -0.217. The van der Waals surface area contributed by atoms with Crippen molar-refractivity contribution in [2.45, 2.75) is 38.7 Å². The first-order valence-corrected chi connectivity index (χ1v) is 5.98. The van der Waals surface area contributed by atoms with Crippen LogP contribution in [0.15, 0.2) is 0 Å². The molecule has 0 aliphatic carbocycles. The Balaban J connectivity index is 2.19. The molecular formula is C12H23NO3. The van der Waals surface area contributed by atoms with Crippen LogP contribution in [-0.2, 0) is 14.3 Å². The van der Waals surface area contributed by atoms with Gasteiger partial charge in [0.2, 0.25) is 0 Å². The third-order valence-electron chi connectivity index (χ3n) is 3.13. The van der Waals surface area contributed by atoms with Gasteiger partial charge in [0.05, 0.1) is 18.1 Å². The van der Waals surface area contributed by atoms with Crippen molar-refractivity contribution >= 4 is 5.97 Å². The fraction of sp³-hybridized carbons (Fsp3) is 0.917. The third-order valence-corrected chi connectivity index (χ3v) is 3.13. The average molecular weight is 229 g/mol. The Kier molecular flexibility index (Phi) is 5.22. The lowest BCUT2D eigenvalue weighted by Gasteiger charge is -2.24. The lowest BCUT2D eigenvalue weighted by molar-refractivity contribution is -0.150. The van der Waals surface area contributed by atoms with Crippen molar-refractivity contribution in [2.24, 2.45) is 5.92 Å². The highest BCUT2D eigenvalue weighted by atomic mass is 16.5. The van der Waals surface area contributed by atoms with Gasteiger partial charge in [0, 0.05) is 20.1 Å². The van der Waals surface area contributed by atoms with Crippen LogP contribution < -0.4 is 5.32 Å². The summed E-state index contributed by atoms with van der Waals surface area (Å²) in [5, 5.41) is 3.21. The van der Waals surface area contributed by atoms with E-state index in [9.17, 15) is 4.79 Å². The number of rotatable bonds is 5. The molecule has 0 aromatic carbocycles. The zero-order chi connectivity index (χ0) is 12.0. The van der Waals surface area contributed by atoms with E-state index in [2.05, 4.69) is 5.32 Å². The maximum absolute atomic E-state index is 11.7. The van der Waals surface area contributed by atoms with Gasteiger partial charge in [0.1, 0.15) is 0 Å². The summed E-state index contributed by atoms with van der Waals surface area (Å²) in [6, 6.07) is 0. The van der Waals surface area contributed by atoms with Gasteiger partial charge in [-0.15, -0.1) is 0 Å². The van der Waals surface area contributed by atoms with Crippen LogP contribution in [0.25, 0.3) is 0 Å². The van der Waals surface area contributed by atoms with Crippen LogP contribution in [0.5, 0.6) is 0 Å². The predicted octanol–water partition coefficient (Wildman–Crippen LogP) is 1.34. The SMILES string of the molecule is COC(C)(C)CCOC(=O)[C@@H]1CCCNC1. The van der Waals surface area contributed by atoms with E-state index in [0.717, 1.165) is 32.4 Å². The number of ether oxygens (including phenoxy) is 2. The summed E-state index contributed by atoms with van der Waals surface area (Å²) in [5.41, 5.74) is -0.217. The minimum absolute atomic E-state index is 0.0411. The molecule has 94 valence electrons. The Morgan fingerprint density at radius 1 is 1.50 bits per heavy atom. The molecule has 4 heteroatoms. The fourth-order valence-electron chi connectivity index (χ4n) is 1.67. The second kappa shape index (κ2) is 6.21. The molecule has 0 aromatic heterocycles. The van der Waals surface area contributed by atoms with E-state index in [1.807, 2.05) is 13.8 Å². The van der Waals surface area contributed by atoms with Crippen molar-refractivity contribution in [3.05, 3.63) is 0 Å². The van der Waals surface area contributed by atoms with E-state index in [1.54, 1.807) is 7.11 Å². The van der Waals surface area contributed by atoms with Crippen molar-refractivity contribution < 1.29 is 14.3 Å². The molecule has 1 rings (SSSR count). The van der Waals surface area contributed by atoms with E-state index in [4.69, 9.17) is 9.47 Å². The van der Waals surface area contributed by atoms with Crippen LogP contribution in [0.1, 0.15) is 33.1 Å². The van der Waals surface area contributed by atoms with Gasteiger partial charge in [0.15, 0.2) is 0 Å². The fourth-order valence-corrected chi connectivity index (χ4v) is 1.67. The molecule has 4 nitrogen and oxygen atoms in total. The smallest absolute Gasteiger partial charge is 0.310 e. The topological polar surface area (TPSA) is 47.6 Å². The lowest BCUT2D eigenvalue weighted by Crippen LogP contribution is -2.36. The zero-order valence-corrected chi connectivity index (χ0v) is 10.5. The molecule has 0 aromatic rings. The molecule has 0 saturated carbocycles. The largest absolute Gasteiger partial charge is 0.465 e. The molecular weight excluding hydrogens is 206 g/mol. The summed E-state index contributed by atoms with van der Waals surface area (Å²) >= 11 is 0. The number of carbonyl (C=O) groups is 1. The highest BCUT2D eigenvalue weighted by Gasteiger charge is 2.23. The summed E-state index contributed by atoms with van der Waals surface area (Å²) in [7, 11) is 1.67. The average Bonchev–Trinajstić information content (AvgIpc) is 2.30. The van der Waals surface area contributed by atoms with Crippen molar-refractivity contribution in [1.82, 2.24) is 5.32 Å². The quantitative estimate of drug-likeness (QED) is 0.723. The van der Waals surface area contributed by atoms with Crippen molar-refractivity contribution in [2.75, 3.05) is 26.8 Å². The minimum Gasteiger partial charge on any atom is -0.465 e. The molecule has 0 spiro atoms. The van der Waals surface area contributed by atoms with Crippen molar-refractivity contribution in [3.63, 3.8) is 0 Å². The Morgan fingerprint density at radius 2 is 2.25 bits per heavy atom. The molecule has 0 amide bonds. The Hall–Kier alpha value is -0.610. The normalized spacial score (nSPS) is 21.8. The maximum Gasteiger partial charge on any atom is 0.310 e. The number of piperidine rings is 1. The van der Waals surface area contributed by atoms with Gasteiger partial charge in [-0.3, -0.25) is 4.79 Å². The number of hydrogen-bond donors (Lipinski definition) is 1. The van der Waals surface area contributed by atoms with E-state index in [-0.39, 0.29) is 17.5 Å². The molecule has 1 atom stereocenters. The lowest BCUT2D eigenvalue weighted by atomic mass is 10.00. The summed E-state index contributed by atoms with van der Waals surface area (Å²) in [4.78, 5) is 11.7. The molecule has 1 heterocycles. The number of methoxy groups -OCH3 is 1. The van der Waals surface area contributed by atoms with Crippen LogP contribution in [0.2, 0.25) is 0 Å². The maximum atomic E-state index is 11.7. The first-order valence-electron chi connectivity index (χ1n) is 5.98. The standard InChI is InChI=1S/C12H23NO3/c1-12(2,15-3)6-8-16-11(14)10-5-4-7-13-9-10/h10,13H,4-9H2,1-3H3/t10-/m1/s1. The van der Waals surface area contributed by atoms with E-state index >= 15 is 0 Å². The molecule has 0 unspecified atom stereocenters. The summed E-state index contributed by atoms with van der Waals surface area (Å²) in [6.07, 6.45) is 2.73. The molecule has 1 fully saturated rings. The number of carbonyl (C=O) groups excluding carboxylic acids is 1. The summed E-state index contributed by atoms with van der Waals surface area (Å²) < 4.78 is 10.5. The molecule has 1 aliphatic rings. The van der Waals surface area contributed by atoms with Gasteiger partial charge >= 0.3 is 5.97 Å². The van der Waals surface area contributed by atoms with Crippen molar-refractivity contribution in [1.29, 1.82) is 0 Å². The van der Waals surface area contributed by atoms with Gasteiger partial charge in [0.25, 0.3) is 0 Å². The number of hydrogen-bond acceptors (Lipinski definition) is 4. The Labute approximate surface area is 97.7 Å². The third kappa shape index (κ3) is 4.49. The van der Waals surface area contributed by atoms with Crippen LogP contribution in [-0.4, -0.2) is 38.4 Å². The van der Waals surface area contributed by atoms with Crippen LogP contribution in [0.4, 0.5) is 0 Å². The predicted molar refractivity (Wildman–Crippen MR) is 62.3 cm³/mol. The van der Waals surface area contributed by atoms with Crippen LogP contribution >= 0.6 is 0 Å². The highest BCUT2D eigenvalue weighted by Crippen LogP contribution is 2.15. The van der Waals surface area contributed by atoms with Gasteiger partial charge in [-0.1, -0.05) is 0 Å². The highest BCUT2D eigenvalue weighted by molar-refractivity contribution is 5.72. The van der Waals surface area contributed by atoms with Gasteiger partial charge in [-0.05, 0) is 33.2 Å². The summed E-state index contributed by atoms with van der Waals surface area (Å²) in [6.45, 7) is 6.19. The van der Waals surface area contributed by atoms with Gasteiger partial charge < -0.3 is 14.8 Å². The molecule has 1 saturated heterocycles. The first kappa shape index (κ1) is 13.5. The molecule has 1 aliphatic heterocycles. The Morgan fingerprint density at radius 3 is 2.81 bits per heavy atom. The van der Waals surface area contributed by atoms with Gasteiger partial charge in [-0.2, -0.15) is 0 Å². The summed E-state index contributed by atoms with van der Waals surface area (Å²) in [5.74, 6) is -0.0292. The Bertz CT molecular complexity index is 222. The molecule has 1 N–H and O–H groups in total. The first-order chi connectivity index (χ1) is 7.55. The second-order valence-corrected chi connectivity index (χ2v) is 4.92. The van der Waals surface area contributed by atoms with Crippen molar-refractivity contribution in [3.8, 4) is 0 Å².